The Morgan fingerprint density at radius 3 is 2.05 bits per heavy atom. The smallest absolute Gasteiger partial charge is 0.406 e. The molecule has 1 aliphatic carbocycles. The molecule has 5 rings (SSSR count). The predicted octanol–water partition coefficient (Wildman–Crippen LogP) is 7.04. The first-order valence-electron chi connectivity index (χ1n) is 12.1. The zero-order chi connectivity index (χ0) is 26.2. The number of anilines is 1. The first kappa shape index (κ1) is 25.0. The molecular formula is C28H25F5N2O2. The lowest BCUT2D eigenvalue weighted by molar-refractivity contribution is -0.274. The van der Waals surface area contributed by atoms with Crippen LogP contribution in [0.1, 0.15) is 41.0 Å². The van der Waals surface area contributed by atoms with Crippen molar-refractivity contribution in [1.82, 2.24) is 4.90 Å². The number of aryl methyl sites for hydroxylation is 2. The molecule has 3 aromatic rings. The molecule has 2 aliphatic rings. The van der Waals surface area contributed by atoms with Crippen LogP contribution < -0.4 is 10.1 Å². The molecule has 1 heterocycles. The second-order valence-corrected chi connectivity index (χ2v) is 9.51. The van der Waals surface area contributed by atoms with E-state index in [0.717, 1.165) is 47.2 Å². The van der Waals surface area contributed by atoms with Crippen molar-refractivity contribution in [2.45, 2.75) is 38.0 Å². The molecule has 1 aliphatic heterocycles. The average Bonchev–Trinajstić information content (AvgIpc) is 3.00. The van der Waals surface area contributed by atoms with Crippen LogP contribution in [0.5, 0.6) is 5.75 Å². The van der Waals surface area contributed by atoms with E-state index in [-0.39, 0.29) is 35.3 Å². The number of likely N-dealkylation sites (tertiary alicyclic amines) is 1. The molecule has 1 N–H and O–H groups in total. The molecule has 1 fully saturated rings. The minimum absolute atomic E-state index is 0.0218. The summed E-state index contributed by atoms with van der Waals surface area (Å²) >= 11 is 0. The van der Waals surface area contributed by atoms with Crippen molar-refractivity contribution < 1.29 is 31.5 Å². The summed E-state index contributed by atoms with van der Waals surface area (Å²) in [4.78, 5) is 14.7. The Morgan fingerprint density at radius 1 is 0.892 bits per heavy atom. The van der Waals surface area contributed by atoms with Gasteiger partial charge in [-0.25, -0.2) is 13.6 Å². The van der Waals surface area contributed by atoms with Crippen molar-refractivity contribution in [3.05, 3.63) is 94.6 Å². The maximum Gasteiger partial charge on any atom is 0.573 e. The highest BCUT2D eigenvalue weighted by molar-refractivity contribution is 5.89. The third-order valence-electron chi connectivity index (χ3n) is 7.10. The Hall–Kier alpha value is -3.62. The molecule has 37 heavy (non-hydrogen) atoms. The van der Waals surface area contributed by atoms with E-state index in [1.165, 1.54) is 24.3 Å². The summed E-state index contributed by atoms with van der Waals surface area (Å²) in [5.41, 5.74) is 4.13. The van der Waals surface area contributed by atoms with Crippen LogP contribution in [-0.2, 0) is 12.8 Å². The van der Waals surface area contributed by atoms with Crippen LogP contribution >= 0.6 is 0 Å². The van der Waals surface area contributed by atoms with E-state index in [2.05, 4.69) is 10.1 Å². The molecule has 1 saturated heterocycles. The number of piperidine rings is 1. The van der Waals surface area contributed by atoms with Crippen molar-refractivity contribution in [2.24, 2.45) is 5.92 Å². The maximum atomic E-state index is 14.1. The van der Waals surface area contributed by atoms with Crippen LogP contribution in [0.25, 0.3) is 0 Å². The number of rotatable bonds is 3. The van der Waals surface area contributed by atoms with Crippen molar-refractivity contribution in [3.8, 4) is 5.75 Å². The van der Waals surface area contributed by atoms with Crippen molar-refractivity contribution in [1.29, 1.82) is 0 Å². The number of fused-ring (bicyclic) bond motifs is 2. The van der Waals surface area contributed by atoms with Gasteiger partial charge in [-0.05, 0) is 102 Å². The number of hydrogen-bond donors (Lipinski definition) is 1. The third-order valence-corrected chi connectivity index (χ3v) is 7.10. The molecule has 3 aromatic carbocycles. The van der Waals surface area contributed by atoms with E-state index >= 15 is 0 Å². The number of carbonyl (C=O) groups is 1. The summed E-state index contributed by atoms with van der Waals surface area (Å²) in [6, 6.07) is 14.2. The number of nitrogens with zero attached hydrogens (tertiary/aromatic N) is 1. The van der Waals surface area contributed by atoms with E-state index < -0.39 is 6.36 Å². The van der Waals surface area contributed by atoms with Crippen LogP contribution in [0, 0.1) is 17.6 Å². The maximum absolute atomic E-state index is 14.1. The highest BCUT2D eigenvalue weighted by atomic mass is 19.4. The summed E-state index contributed by atoms with van der Waals surface area (Å²) in [6.07, 6.45) is -2.00. The standard InChI is InChI=1S/C28H25F5N2O2/c29-20-5-11-24-17(14-20)3-4-18-15-21(30)6-12-25(18)26(24)19-2-1-13-35(16-19)27(36)34-22-7-9-23(10-8-22)37-28(31,32)33/h5-12,14-15,19,26H,1-4,13,16H2,(H,34,36). The Kier molecular flexibility index (Phi) is 6.79. The van der Waals surface area contributed by atoms with Gasteiger partial charge in [-0.3, -0.25) is 0 Å². The number of amides is 2. The molecule has 1 unspecified atom stereocenters. The molecule has 2 amide bonds. The topological polar surface area (TPSA) is 41.6 Å². The molecule has 0 bridgehead atoms. The van der Waals surface area contributed by atoms with Gasteiger partial charge in [0.15, 0.2) is 0 Å². The Bertz CT molecular complexity index is 1240. The van der Waals surface area contributed by atoms with E-state index in [9.17, 15) is 26.7 Å². The third kappa shape index (κ3) is 5.70. The van der Waals surface area contributed by atoms with Gasteiger partial charge in [-0.15, -0.1) is 13.2 Å². The fourth-order valence-corrected chi connectivity index (χ4v) is 5.54. The Balaban J connectivity index is 1.37. The molecule has 194 valence electrons. The molecule has 0 aromatic heterocycles. The number of ether oxygens (including phenoxy) is 1. The minimum atomic E-state index is -4.79. The van der Waals surface area contributed by atoms with Gasteiger partial charge in [-0.2, -0.15) is 0 Å². The SMILES string of the molecule is O=C(Nc1ccc(OC(F)(F)F)cc1)N1CCCC(C2c3ccc(F)cc3CCc3cc(F)ccc32)C1. The highest BCUT2D eigenvalue weighted by Crippen LogP contribution is 2.43. The number of alkyl halides is 3. The van der Waals surface area contributed by atoms with Crippen LogP contribution in [0.3, 0.4) is 0 Å². The predicted molar refractivity (Wildman–Crippen MR) is 128 cm³/mol. The largest absolute Gasteiger partial charge is 0.573 e. The van der Waals surface area contributed by atoms with Gasteiger partial charge in [0.1, 0.15) is 17.4 Å². The number of nitrogens with one attached hydrogen (secondary N) is 1. The van der Waals surface area contributed by atoms with Gasteiger partial charge < -0.3 is 15.0 Å². The second kappa shape index (κ2) is 10.0. The number of urea groups is 1. The van der Waals surface area contributed by atoms with E-state index in [1.54, 1.807) is 29.2 Å². The fourth-order valence-electron chi connectivity index (χ4n) is 5.54. The van der Waals surface area contributed by atoms with Crippen LogP contribution in [0.4, 0.5) is 32.4 Å². The quantitative estimate of drug-likeness (QED) is 0.380. The Labute approximate surface area is 211 Å². The lowest BCUT2D eigenvalue weighted by atomic mass is 9.75. The fraction of sp³-hybridized carbons (Fsp3) is 0.321. The summed E-state index contributed by atoms with van der Waals surface area (Å²) in [6.45, 7) is 0.955. The zero-order valence-electron chi connectivity index (χ0n) is 19.8. The highest BCUT2D eigenvalue weighted by Gasteiger charge is 2.35. The molecule has 4 nitrogen and oxygen atoms in total. The van der Waals surface area contributed by atoms with Crippen molar-refractivity contribution in [2.75, 3.05) is 18.4 Å². The van der Waals surface area contributed by atoms with Crippen molar-refractivity contribution >= 4 is 11.7 Å². The Morgan fingerprint density at radius 2 is 1.49 bits per heavy atom. The summed E-state index contributed by atoms with van der Waals surface area (Å²) in [7, 11) is 0. The van der Waals surface area contributed by atoms with Gasteiger partial charge >= 0.3 is 12.4 Å². The number of carbonyl (C=O) groups excluding carboxylic acids is 1. The van der Waals surface area contributed by atoms with Crippen molar-refractivity contribution in [3.63, 3.8) is 0 Å². The second-order valence-electron chi connectivity index (χ2n) is 9.51. The van der Waals surface area contributed by atoms with Gasteiger partial charge in [0.2, 0.25) is 0 Å². The number of hydrogen-bond acceptors (Lipinski definition) is 2. The zero-order valence-corrected chi connectivity index (χ0v) is 19.8. The van der Waals surface area contributed by atoms with E-state index in [0.29, 0.717) is 31.6 Å². The van der Waals surface area contributed by atoms with E-state index in [4.69, 9.17) is 0 Å². The molecule has 9 heteroatoms. The number of benzene rings is 3. The van der Waals surface area contributed by atoms with Gasteiger partial charge in [0, 0.05) is 24.7 Å². The lowest BCUT2D eigenvalue weighted by Gasteiger charge is -2.38. The van der Waals surface area contributed by atoms with E-state index in [1.807, 2.05) is 0 Å². The molecular weight excluding hydrogens is 491 g/mol. The van der Waals surface area contributed by atoms with Crippen LogP contribution in [0.2, 0.25) is 0 Å². The average molecular weight is 517 g/mol. The monoisotopic (exact) mass is 516 g/mol. The van der Waals surface area contributed by atoms with Gasteiger partial charge in [-0.1, -0.05) is 12.1 Å². The first-order valence-corrected chi connectivity index (χ1v) is 12.1. The normalized spacial score (nSPS) is 18.0. The first-order chi connectivity index (χ1) is 17.7. The van der Waals surface area contributed by atoms with Gasteiger partial charge in [0.05, 0.1) is 0 Å². The summed E-state index contributed by atoms with van der Waals surface area (Å²) in [5.74, 6) is -1.10. The molecule has 1 atom stereocenters. The number of halogens is 5. The lowest BCUT2D eigenvalue weighted by Crippen LogP contribution is -2.44. The van der Waals surface area contributed by atoms with Crippen LogP contribution in [0.15, 0.2) is 60.7 Å². The minimum Gasteiger partial charge on any atom is -0.406 e. The molecule has 0 radical (unpaired) electrons. The van der Waals surface area contributed by atoms with Gasteiger partial charge in [0.25, 0.3) is 0 Å². The molecule has 0 spiro atoms. The summed E-state index contributed by atoms with van der Waals surface area (Å²) < 4.78 is 69.2. The summed E-state index contributed by atoms with van der Waals surface area (Å²) in [5, 5.41) is 2.74. The molecule has 0 saturated carbocycles. The van der Waals surface area contributed by atoms with Crippen LogP contribution in [-0.4, -0.2) is 30.4 Å².